The zero-order valence-electron chi connectivity index (χ0n) is 15.6. The predicted octanol–water partition coefficient (Wildman–Crippen LogP) is 2.14. The standard InChI is InChI=1S/C19H22N2O6/c1-11-5-6-13(19(20)23)14(7-11)27-10-17(22)21-12-8-15(24-2)18(26-4)16(9-12)25-3/h5-9H,10H2,1-4H3,(H2,20,23)(H,21,22). The summed E-state index contributed by atoms with van der Waals surface area (Å²) in [4.78, 5) is 23.7. The molecule has 0 heterocycles. The highest BCUT2D eigenvalue weighted by Gasteiger charge is 2.15. The highest BCUT2D eigenvalue weighted by Crippen LogP contribution is 2.39. The van der Waals surface area contributed by atoms with Gasteiger partial charge in [-0.05, 0) is 24.6 Å². The summed E-state index contributed by atoms with van der Waals surface area (Å²) in [6.07, 6.45) is 0. The number of primary amides is 1. The van der Waals surface area contributed by atoms with E-state index in [1.807, 2.05) is 6.92 Å². The van der Waals surface area contributed by atoms with Gasteiger partial charge in [0.15, 0.2) is 18.1 Å². The molecular weight excluding hydrogens is 352 g/mol. The van der Waals surface area contributed by atoms with Crippen molar-refractivity contribution in [1.82, 2.24) is 0 Å². The molecule has 0 saturated carbocycles. The Bertz CT molecular complexity index is 825. The Hall–Kier alpha value is -3.42. The van der Waals surface area contributed by atoms with Gasteiger partial charge in [-0.3, -0.25) is 9.59 Å². The number of rotatable bonds is 8. The SMILES string of the molecule is COc1cc(NC(=O)COc2cc(C)ccc2C(N)=O)cc(OC)c1OC. The Morgan fingerprint density at radius 1 is 0.963 bits per heavy atom. The van der Waals surface area contributed by atoms with Crippen LogP contribution in [-0.4, -0.2) is 39.8 Å². The van der Waals surface area contributed by atoms with E-state index in [1.54, 1.807) is 30.3 Å². The van der Waals surface area contributed by atoms with Gasteiger partial charge < -0.3 is 30.0 Å². The lowest BCUT2D eigenvalue weighted by atomic mass is 10.1. The lowest BCUT2D eigenvalue weighted by Crippen LogP contribution is -2.22. The molecular formula is C19H22N2O6. The van der Waals surface area contributed by atoms with Crippen molar-refractivity contribution in [1.29, 1.82) is 0 Å². The molecule has 2 aromatic rings. The van der Waals surface area contributed by atoms with E-state index in [0.717, 1.165) is 5.56 Å². The van der Waals surface area contributed by atoms with E-state index in [9.17, 15) is 9.59 Å². The Morgan fingerprint density at radius 2 is 1.59 bits per heavy atom. The van der Waals surface area contributed by atoms with Crippen molar-refractivity contribution in [2.75, 3.05) is 33.3 Å². The first kappa shape index (κ1) is 19.9. The maximum Gasteiger partial charge on any atom is 0.262 e. The monoisotopic (exact) mass is 374 g/mol. The third-order valence-corrected chi connectivity index (χ3v) is 3.71. The van der Waals surface area contributed by atoms with Gasteiger partial charge in [-0.15, -0.1) is 0 Å². The van der Waals surface area contributed by atoms with Gasteiger partial charge in [0, 0.05) is 17.8 Å². The van der Waals surface area contributed by atoms with Gasteiger partial charge in [0.25, 0.3) is 11.8 Å². The van der Waals surface area contributed by atoms with Gasteiger partial charge in [-0.2, -0.15) is 0 Å². The molecule has 8 nitrogen and oxygen atoms in total. The first-order valence-corrected chi connectivity index (χ1v) is 8.02. The Balaban J connectivity index is 2.13. The van der Waals surface area contributed by atoms with Crippen molar-refractivity contribution < 1.29 is 28.5 Å². The maximum absolute atomic E-state index is 12.2. The number of carbonyl (C=O) groups is 2. The summed E-state index contributed by atoms with van der Waals surface area (Å²) in [5.41, 5.74) is 6.85. The minimum absolute atomic E-state index is 0.209. The average molecular weight is 374 g/mol. The molecule has 0 radical (unpaired) electrons. The molecule has 0 aromatic heterocycles. The summed E-state index contributed by atoms with van der Waals surface area (Å²) < 4.78 is 21.2. The second-order valence-corrected chi connectivity index (χ2v) is 5.61. The van der Waals surface area contributed by atoms with Crippen LogP contribution in [0.4, 0.5) is 5.69 Å². The number of hydrogen-bond donors (Lipinski definition) is 2. The largest absolute Gasteiger partial charge is 0.493 e. The molecule has 0 aliphatic heterocycles. The molecule has 0 unspecified atom stereocenters. The second-order valence-electron chi connectivity index (χ2n) is 5.61. The molecule has 0 bridgehead atoms. The van der Waals surface area contributed by atoms with Crippen LogP contribution in [0.15, 0.2) is 30.3 Å². The van der Waals surface area contributed by atoms with Crippen molar-refractivity contribution in [3.05, 3.63) is 41.5 Å². The van der Waals surface area contributed by atoms with Gasteiger partial charge in [0.05, 0.1) is 26.9 Å². The first-order valence-electron chi connectivity index (χ1n) is 8.02. The molecule has 0 aliphatic carbocycles. The zero-order chi connectivity index (χ0) is 20.0. The maximum atomic E-state index is 12.2. The molecule has 27 heavy (non-hydrogen) atoms. The van der Waals surface area contributed by atoms with Crippen molar-refractivity contribution in [3.8, 4) is 23.0 Å². The minimum atomic E-state index is -0.630. The van der Waals surface area contributed by atoms with Gasteiger partial charge in [0.1, 0.15) is 5.75 Å². The van der Waals surface area contributed by atoms with Gasteiger partial charge in [-0.25, -0.2) is 0 Å². The molecule has 0 spiro atoms. The number of anilines is 1. The van der Waals surface area contributed by atoms with E-state index in [0.29, 0.717) is 22.9 Å². The lowest BCUT2D eigenvalue weighted by molar-refractivity contribution is -0.118. The average Bonchev–Trinajstić information content (AvgIpc) is 2.65. The molecule has 144 valence electrons. The van der Waals surface area contributed by atoms with E-state index in [2.05, 4.69) is 5.32 Å². The normalized spacial score (nSPS) is 10.1. The Labute approximate surface area is 157 Å². The van der Waals surface area contributed by atoms with Gasteiger partial charge >= 0.3 is 0 Å². The lowest BCUT2D eigenvalue weighted by Gasteiger charge is -2.15. The summed E-state index contributed by atoms with van der Waals surface area (Å²) in [6, 6.07) is 8.14. The van der Waals surface area contributed by atoms with E-state index in [4.69, 9.17) is 24.7 Å². The molecule has 2 amide bonds. The topological polar surface area (TPSA) is 109 Å². The molecule has 0 aliphatic rings. The van der Waals surface area contributed by atoms with Gasteiger partial charge in [-0.1, -0.05) is 6.07 Å². The number of amides is 2. The number of carbonyl (C=O) groups excluding carboxylic acids is 2. The van der Waals surface area contributed by atoms with Crippen LogP contribution in [0.2, 0.25) is 0 Å². The number of aryl methyl sites for hydroxylation is 1. The summed E-state index contributed by atoms with van der Waals surface area (Å²) in [5.74, 6) is 0.421. The van der Waals surface area contributed by atoms with E-state index >= 15 is 0 Å². The van der Waals surface area contributed by atoms with Crippen LogP contribution >= 0.6 is 0 Å². The van der Waals surface area contributed by atoms with Crippen molar-refractivity contribution in [2.45, 2.75) is 6.92 Å². The van der Waals surface area contributed by atoms with E-state index < -0.39 is 11.8 Å². The third-order valence-electron chi connectivity index (χ3n) is 3.71. The molecule has 3 N–H and O–H groups in total. The Kier molecular flexibility index (Phi) is 6.48. The van der Waals surface area contributed by atoms with Crippen LogP contribution in [0.5, 0.6) is 23.0 Å². The molecule has 0 atom stereocenters. The smallest absolute Gasteiger partial charge is 0.262 e. The van der Waals surface area contributed by atoms with E-state index in [-0.39, 0.29) is 17.9 Å². The summed E-state index contributed by atoms with van der Waals surface area (Å²) >= 11 is 0. The predicted molar refractivity (Wildman–Crippen MR) is 99.9 cm³/mol. The van der Waals surface area contributed by atoms with Crippen LogP contribution in [0, 0.1) is 6.92 Å². The van der Waals surface area contributed by atoms with Crippen LogP contribution in [0.1, 0.15) is 15.9 Å². The summed E-state index contributed by atoms with van der Waals surface area (Å²) in [5, 5.41) is 2.68. The van der Waals surface area contributed by atoms with Crippen LogP contribution < -0.4 is 30.0 Å². The minimum Gasteiger partial charge on any atom is -0.493 e. The highest BCUT2D eigenvalue weighted by atomic mass is 16.5. The fourth-order valence-corrected chi connectivity index (χ4v) is 2.45. The first-order chi connectivity index (χ1) is 12.9. The Morgan fingerprint density at radius 3 is 2.11 bits per heavy atom. The number of ether oxygens (including phenoxy) is 4. The molecule has 2 rings (SSSR count). The van der Waals surface area contributed by atoms with Crippen molar-refractivity contribution in [2.24, 2.45) is 5.73 Å². The van der Waals surface area contributed by atoms with Crippen molar-refractivity contribution in [3.63, 3.8) is 0 Å². The number of nitrogens with two attached hydrogens (primary N) is 1. The van der Waals surface area contributed by atoms with Crippen LogP contribution in [-0.2, 0) is 4.79 Å². The summed E-state index contributed by atoms with van der Waals surface area (Å²) in [6.45, 7) is 1.54. The molecule has 8 heteroatoms. The van der Waals surface area contributed by atoms with Gasteiger partial charge in [0.2, 0.25) is 5.75 Å². The number of hydrogen-bond acceptors (Lipinski definition) is 6. The second kappa shape index (κ2) is 8.79. The molecule has 2 aromatic carbocycles. The van der Waals surface area contributed by atoms with Crippen LogP contribution in [0.3, 0.4) is 0 Å². The summed E-state index contributed by atoms with van der Waals surface area (Å²) in [7, 11) is 4.45. The molecule has 0 fully saturated rings. The fraction of sp³-hybridized carbons (Fsp3) is 0.263. The molecule has 0 saturated heterocycles. The van der Waals surface area contributed by atoms with Crippen LogP contribution in [0.25, 0.3) is 0 Å². The number of benzene rings is 2. The zero-order valence-corrected chi connectivity index (χ0v) is 15.6. The van der Waals surface area contributed by atoms with Crippen molar-refractivity contribution >= 4 is 17.5 Å². The quantitative estimate of drug-likeness (QED) is 0.733. The number of methoxy groups -OCH3 is 3. The fourth-order valence-electron chi connectivity index (χ4n) is 2.45. The van der Waals surface area contributed by atoms with E-state index in [1.165, 1.54) is 21.3 Å². The number of nitrogens with one attached hydrogen (secondary N) is 1. The third kappa shape index (κ3) is 4.81. The highest BCUT2D eigenvalue weighted by molar-refractivity contribution is 5.96.